The van der Waals surface area contributed by atoms with Gasteiger partial charge in [-0.25, -0.2) is 0 Å². The Bertz CT molecular complexity index is 226. The van der Waals surface area contributed by atoms with Gasteiger partial charge in [-0.3, -0.25) is 14.4 Å². The van der Waals surface area contributed by atoms with E-state index >= 15 is 0 Å². The first-order valence-electron chi connectivity index (χ1n) is 3.03. The second kappa shape index (κ2) is 3.36. The van der Waals surface area contributed by atoms with E-state index in [2.05, 4.69) is 0 Å². The molecule has 5 heteroatoms. The number of rotatable bonds is 1. The molecule has 1 aliphatic rings. The Morgan fingerprint density at radius 2 is 2.18 bits per heavy atom. The van der Waals surface area contributed by atoms with E-state index in [1.165, 1.54) is 0 Å². The van der Waals surface area contributed by atoms with Crippen LogP contribution in [0, 0.1) is 5.92 Å². The lowest BCUT2D eigenvalue weighted by atomic mass is 10.0. The number of carbonyl (C=O) groups is 3. The monoisotopic (exact) mass is 192 g/mol. The van der Waals surface area contributed by atoms with E-state index in [0.29, 0.717) is 12.2 Å². The summed E-state index contributed by atoms with van der Waals surface area (Å²) in [5.41, 5.74) is 0. The summed E-state index contributed by atoms with van der Waals surface area (Å²) < 4.78 is 0. The van der Waals surface area contributed by atoms with E-state index in [0.717, 1.165) is 11.8 Å². The molecule has 0 bridgehead atoms. The van der Waals surface area contributed by atoms with Gasteiger partial charge in [0, 0.05) is 5.75 Å². The van der Waals surface area contributed by atoms with Crippen LogP contribution < -0.4 is 0 Å². The van der Waals surface area contributed by atoms with Crippen molar-refractivity contribution in [2.24, 2.45) is 5.92 Å². The van der Waals surface area contributed by atoms with E-state index in [9.17, 15) is 14.4 Å². The van der Waals surface area contributed by atoms with Gasteiger partial charge < -0.3 is 0 Å². The number of hydrogen-bond acceptors (Lipinski definition) is 4. The lowest BCUT2D eigenvalue weighted by Crippen LogP contribution is -2.30. The predicted octanol–water partition coefficient (Wildman–Crippen LogP) is 0.601. The Morgan fingerprint density at radius 1 is 1.55 bits per heavy atom. The van der Waals surface area contributed by atoms with Gasteiger partial charge in [0.05, 0.1) is 0 Å². The Hall–Kier alpha value is -0.350. The Labute approximate surface area is 72.5 Å². The highest BCUT2D eigenvalue weighted by atomic mass is 35.5. The number of Topliss-reactive ketones (excluding diaryl/α,β-unsaturated/α-hetero) is 1. The molecule has 1 unspecified atom stereocenters. The van der Waals surface area contributed by atoms with Crippen LogP contribution in [0.25, 0.3) is 0 Å². The van der Waals surface area contributed by atoms with E-state index in [-0.39, 0.29) is 0 Å². The first kappa shape index (κ1) is 8.74. The third kappa shape index (κ3) is 1.81. The average molecular weight is 193 g/mol. The van der Waals surface area contributed by atoms with Crippen molar-refractivity contribution >= 4 is 39.5 Å². The molecule has 0 aromatic heterocycles. The van der Waals surface area contributed by atoms with Crippen molar-refractivity contribution in [1.82, 2.24) is 0 Å². The van der Waals surface area contributed by atoms with Gasteiger partial charge in [0.15, 0.2) is 0 Å². The van der Waals surface area contributed by atoms with Crippen molar-refractivity contribution in [3.8, 4) is 0 Å². The molecule has 11 heavy (non-hydrogen) atoms. The highest BCUT2D eigenvalue weighted by molar-refractivity contribution is 8.15. The predicted molar refractivity (Wildman–Crippen MR) is 41.4 cm³/mol. The van der Waals surface area contributed by atoms with E-state index in [1.54, 1.807) is 0 Å². The number of hydrogen-bond donors (Lipinski definition) is 0. The van der Waals surface area contributed by atoms with Gasteiger partial charge >= 0.3 is 0 Å². The van der Waals surface area contributed by atoms with Crippen LogP contribution in [0.2, 0.25) is 0 Å². The molecule has 1 saturated heterocycles. The Balaban J connectivity index is 2.74. The number of ketones is 1. The zero-order valence-electron chi connectivity index (χ0n) is 5.50. The van der Waals surface area contributed by atoms with Gasteiger partial charge in [-0.1, -0.05) is 11.8 Å². The molecule has 0 amide bonds. The maximum absolute atomic E-state index is 10.9. The van der Waals surface area contributed by atoms with Gasteiger partial charge in [0.25, 0.3) is 5.12 Å². The van der Waals surface area contributed by atoms with Gasteiger partial charge in [-0.15, -0.1) is 0 Å². The van der Waals surface area contributed by atoms with Crippen molar-refractivity contribution in [1.29, 1.82) is 0 Å². The maximum Gasteiger partial charge on any atom is 0.255 e. The minimum atomic E-state index is -0.884. The van der Waals surface area contributed by atoms with Crippen molar-refractivity contribution in [2.75, 3.05) is 5.75 Å². The molecule has 0 radical (unpaired) electrons. The standard InChI is InChI=1S/C6H5ClO3S/c7-5(9)3-1-2-11-6(10)4(3)8/h3H,1-2H2. The Kier molecular flexibility index (Phi) is 2.67. The van der Waals surface area contributed by atoms with Crippen molar-refractivity contribution < 1.29 is 14.4 Å². The normalized spacial score (nSPS) is 25.4. The molecule has 60 valence electrons. The molecule has 1 aliphatic heterocycles. The zero-order valence-corrected chi connectivity index (χ0v) is 7.07. The number of carbonyl (C=O) groups excluding carboxylic acids is 3. The van der Waals surface area contributed by atoms with E-state index in [4.69, 9.17) is 11.6 Å². The fraction of sp³-hybridized carbons (Fsp3) is 0.500. The molecular formula is C6H5ClO3S. The molecule has 1 rings (SSSR count). The van der Waals surface area contributed by atoms with Crippen LogP contribution in [0.1, 0.15) is 6.42 Å². The molecule has 0 N–H and O–H groups in total. The molecule has 1 heterocycles. The summed E-state index contributed by atoms with van der Waals surface area (Å²) in [5.74, 6) is -1.03. The summed E-state index contributed by atoms with van der Waals surface area (Å²) in [7, 11) is 0. The quantitative estimate of drug-likeness (QED) is 0.347. The van der Waals surface area contributed by atoms with Gasteiger partial charge in [-0.2, -0.15) is 0 Å². The summed E-state index contributed by atoms with van der Waals surface area (Å²) in [4.78, 5) is 32.1. The van der Waals surface area contributed by atoms with Gasteiger partial charge in [0.1, 0.15) is 5.92 Å². The highest BCUT2D eigenvalue weighted by Crippen LogP contribution is 2.22. The largest absolute Gasteiger partial charge is 0.289 e. The molecular weight excluding hydrogens is 188 g/mol. The number of thioether (sulfide) groups is 1. The zero-order chi connectivity index (χ0) is 8.43. The van der Waals surface area contributed by atoms with Crippen molar-refractivity contribution in [3.05, 3.63) is 0 Å². The SMILES string of the molecule is O=C1SCCC(C(=O)Cl)C1=O. The minimum absolute atomic E-state index is 0.386. The van der Waals surface area contributed by atoms with E-state index in [1.807, 2.05) is 0 Å². The van der Waals surface area contributed by atoms with Gasteiger partial charge in [-0.05, 0) is 18.0 Å². The van der Waals surface area contributed by atoms with Gasteiger partial charge in [0.2, 0.25) is 11.0 Å². The first-order chi connectivity index (χ1) is 5.13. The number of halogens is 1. The summed E-state index contributed by atoms with van der Waals surface area (Å²) in [5, 5.41) is -1.26. The van der Waals surface area contributed by atoms with Crippen LogP contribution in [0.4, 0.5) is 0 Å². The average Bonchev–Trinajstić information content (AvgIpc) is 1.94. The van der Waals surface area contributed by atoms with Crippen LogP contribution in [-0.2, 0) is 14.4 Å². The molecule has 1 fully saturated rings. The van der Waals surface area contributed by atoms with Crippen LogP contribution in [-0.4, -0.2) is 21.9 Å². The summed E-state index contributed by atoms with van der Waals surface area (Å²) in [6, 6.07) is 0. The van der Waals surface area contributed by atoms with Crippen molar-refractivity contribution in [2.45, 2.75) is 6.42 Å². The Morgan fingerprint density at radius 3 is 2.64 bits per heavy atom. The second-order valence-electron chi connectivity index (χ2n) is 2.15. The molecule has 0 aliphatic carbocycles. The minimum Gasteiger partial charge on any atom is -0.289 e. The lowest BCUT2D eigenvalue weighted by molar-refractivity contribution is -0.137. The molecule has 0 saturated carbocycles. The summed E-state index contributed by atoms with van der Waals surface area (Å²) in [6.07, 6.45) is 0.386. The molecule has 3 nitrogen and oxygen atoms in total. The van der Waals surface area contributed by atoms with E-state index < -0.39 is 22.1 Å². The fourth-order valence-corrected chi connectivity index (χ4v) is 1.86. The fourth-order valence-electron chi connectivity index (χ4n) is 0.831. The second-order valence-corrected chi connectivity index (χ2v) is 3.59. The third-order valence-corrected chi connectivity index (χ3v) is 2.60. The van der Waals surface area contributed by atoms with Crippen molar-refractivity contribution in [3.63, 3.8) is 0 Å². The summed E-state index contributed by atoms with van der Waals surface area (Å²) >= 11 is 6.04. The first-order valence-corrected chi connectivity index (χ1v) is 4.39. The highest BCUT2D eigenvalue weighted by Gasteiger charge is 2.34. The topological polar surface area (TPSA) is 51.2 Å². The summed E-state index contributed by atoms with van der Waals surface area (Å²) in [6.45, 7) is 0. The molecule has 0 spiro atoms. The van der Waals surface area contributed by atoms with Crippen LogP contribution in [0.15, 0.2) is 0 Å². The third-order valence-electron chi connectivity index (χ3n) is 1.43. The maximum atomic E-state index is 10.9. The molecule has 0 aromatic rings. The smallest absolute Gasteiger partial charge is 0.255 e. The van der Waals surface area contributed by atoms with Crippen LogP contribution >= 0.6 is 23.4 Å². The van der Waals surface area contributed by atoms with Crippen LogP contribution in [0.3, 0.4) is 0 Å². The molecule has 1 atom stereocenters. The lowest BCUT2D eigenvalue weighted by Gasteiger charge is -2.13. The molecule has 0 aromatic carbocycles. The van der Waals surface area contributed by atoms with Crippen LogP contribution in [0.5, 0.6) is 0 Å².